The summed E-state index contributed by atoms with van der Waals surface area (Å²) in [6.45, 7) is 0.0223. The Balaban J connectivity index is 1.77. The van der Waals surface area contributed by atoms with Crippen LogP contribution in [0.25, 0.3) is 11.1 Å². The fourth-order valence-electron chi connectivity index (χ4n) is 2.45. The minimum absolute atomic E-state index is 0.109. The lowest BCUT2D eigenvalue weighted by molar-refractivity contribution is 0.280. The molecule has 0 saturated heterocycles. The van der Waals surface area contributed by atoms with Gasteiger partial charge in [-0.05, 0) is 41.0 Å². The Morgan fingerprint density at radius 1 is 0.792 bits per heavy atom. The molecule has 0 fully saturated rings. The quantitative estimate of drug-likeness (QED) is 0.736. The van der Waals surface area contributed by atoms with E-state index in [1.54, 1.807) is 24.3 Å². The van der Waals surface area contributed by atoms with Gasteiger partial charge in [-0.1, -0.05) is 42.5 Å². The highest BCUT2D eigenvalue weighted by Crippen LogP contribution is 2.29. The van der Waals surface area contributed by atoms with Gasteiger partial charge in [-0.3, -0.25) is 0 Å². The highest BCUT2D eigenvalue weighted by Gasteiger charge is 2.13. The highest BCUT2D eigenvalue weighted by atomic mass is 19.1. The van der Waals surface area contributed by atoms with Gasteiger partial charge in [0.1, 0.15) is 24.0 Å². The van der Waals surface area contributed by atoms with Crippen LogP contribution in [0.4, 0.5) is 8.78 Å². The highest BCUT2D eigenvalue weighted by molar-refractivity contribution is 5.66. The monoisotopic (exact) mass is 326 g/mol. The summed E-state index contributed by atoms with van der Waals surface area (Å²) in [6, 6.07) is 18.6. The zero-order chi connectivity index (χ0) is 16.9. The second kappa shape index (κ2) is 7.23. The van der Waals surface area contributed by atoms with Gasteiger partial charge in [0.15, 0.2) is 0 Å². The maximum absolute atomic E-state index is 14.1. The van der Waals surface area contributed by atoms with E-state index in [9.17, 15) is 8.78 Å². The molecule has 0 aliphatic rings. The molecule has 3 rings (SSSR count). The lowest BCUT2D eigenvalue weighted by atomic mass is 10.0. The van der Waals surface area contributed by atoms with E-state index < -0.39 is 18.2 Å². The lowest BCUT2D eigenvalue weighted by Gasteiger charge is -2.10. The minimum atomic E-state index is -0.697. The lowest BCUT2D eigenvalue weighted by Crippen LogP contribution is -1.96. The third-order valence-corrected chi connectivity index (χ3v) is 3.68. The molecule has 0 aromatic heterocycles. The molecule has 0 saturated carbocycles. The smallest absolute Gasteiger partial charge is 0.134 e. The molecule has 3 aromatic rings. The molecule has 3 aromatic carbocycles. The van der Waals surface area contributed by atoms with Crippen molar-refractivity contribution in [1.82, 2.24) is 0 Å². The zero-order valence-electron chi connectivity index (χ0n) is 12.9. The Morgan fingerprint density at radius 3 is 2.00 bits per heavy atom. The third-order valence-electron chi connectivity index (χ3n) is 3.68. The maximum Gasteiger partial charge on any atom is 0.134 e. The van der Waals surface area contributed by atoms with Gasteiger partial charge in [-0.25, -0.2) is 8.78 Å². The summed E-state index contributed by atoms with van der Waals surface area (Å²) in [6.07, 6.45) is 0. The number of hydrogen-bond donors (Lipinski definition) is 1. The molecular formula is C20H16F2O2. The summed E-state index contributed by atoms with van der Waals surface area (Å²) < 4.78 is 33.8. The summed E-state index contributed by atoms with van der Waals surface area (Å²) in [5, 5.41) is 8.99. The van der Waals surface area contributed by atoms with E-state index in [4.69, 9.17) is 9.84 Å². The standard InChI is InChI=1S/C20H16F2O2/c21-18-10-15(12-23)11-19(22)20(18)16-6-8-17(9-7-16)24-13-14-4-2-1-3-5-14/h1-11,23H,12-13H2. The van der Waals surface area contributed by atoms with Crippen molar-refractivity contribution in [2.45, 2.75) is 13.2 Å². The predicted molar refractivity (Wildman–Crippen MR) is 88.5 cm³/mol. The first-order valence-corrected chi connectivity index (χ1v) is 7.53. The van der Waals surface area contributed by atoms with Gasteiger partial charge < -0.3 is 9.84 Å². The number of benzene rings is 3. The Hall–Kier alpha value is -2.72. The first-order chi connectivity index (χ1) is 11.7. The van der Waals surface area contributed by atoms with Crippen LogP contribution in [0.3, 0.4) is 0 Å². The van der Waals surface area contributed by atoms with Gasteiger partial charge in [0.05, 0.1) is 12.2 Å². The van der Waals surface area contributed by atoms with Crippen LogP contribution < -0.4 is 4.74 Å². The summed E-state index contributed by atoms with van der Waals surface area (Å²) >= 11 is 0. The van der Waals surface area contributed by atoms with Crippen molar-refractivity contribution >= 4 is 0 Å². The Labute approximate surface area is 139 Å². The molecule has 0 amide bonds. The van der Waals surface area contributed by atoms with Gasteiger partial charge in [-0.15, -0.1) is 0 Å². The molecule has 0 aliphatic carbocycles. The Kier molecular flexibility index (Phi) is 4.87. The molecule has 4 heteroatoms. The van der Waals surface area contributed by atoms with Crippen LogP contribution in [0.15, 0.2) is 66.7 Å². The average molecular weight is 326 g/mol. The molecule has 0 unspecified atom stereocenters. The average Bonchev–Trinajstić information content (AvgIpc) is 2.61. The van der Waals surface area contributed by atoms with E-state index in [2.05, 4.69) is 0 Å². The van der Waals surface area contributed by atoms with E-state index >= 15 is 0 Å². The van der Waals surface area contributed by atoms with Gasteiger partial charge >= 0.3 is 0 Å². The van der Waals surface area contributed by atoms with Gasteiger partial charge in [0, 0.05) is 0 Å². The van der Waals surface area contributed by atoms with Crippen molar-refractivity contribution in [2.24, 2.45) is 0 Å². The fourth-order valence-corrected chi connectivity index (χ4v) is 2.45. The maximum atomic E-state index is 14.1. The normalized spacial score (nSPS) is 10.6. The van der Waals surface area contributed by atoms with E-state index in [0.29, 0.717) is 17.9 Å². The van der Waals surface area contributed by atoms with E-state index in [-0.39, 0.29) is 11.1 Å². The van der Waals surface area contributed by atoms with Crippen LogP contribution in [0.1, 0.15) is 11.1 Å². The largest absolute Gasteiger partial charge is 0.489 e. The zero-order valence-corrected chi connectivity index (χ0v) is 12.9. The molecule has 122 valence electrons. The first kappa shape index (κ1) is 16.1. The van der Waals surface area contributed by atoms with Crippen molar-refractivity contribution < 1.29 is 18.6 Å². The van der Waals surface area contributed by atoms with Crippen LogP contribution in [0.2, 0.25) is 0 Å². The van der Waals surface area contributed by atoms with E-state index in [1.165, 1.54) is 0 Å². The molecule has 0 atom stereocenters. The van der Waals surface area contributed by atoms with Crippen molar-refractivity contribution in [3.05, 3.63) is 89.5 Å². The molecule has 0 radical (unpaired) electrons. The van der Waals surface area contributed by atoms with Crippen LogP contribution in [0.5, 0.6) is 5.75 Å². The molecule has 24 heavy (non-hydrogen) atoms. The van der Waals surface area contributed by atoms with E-state index in [1.807, 2.05) is 30.3 Å². The molecule has 0 spiro atoms. The van der Waals surface area contributed by atoms with Crippen LogP contribution in [-0.4, -0.2) is 5.11 Å². The van der Waals surface area contributed by atoms with Crippen LogP contribution >= 0.6 is 0 Å². The Bertz CT molecular complexity index is 792. The summed E-state index contributed by atoms with van der Waals surface area (Å²) in [7, 11) is 0. The Morgan fingerprint density at radius 2 is 1.42 bits per heavy atom. The topological polar surface area (TPSA) is 29.5 Å². The number of halogens is 2. The van der Waals surface area contributed by atoms with Crippen molar-refractivity contribution in [3.63, 3.8) is 0 Å². The molecule has 0 bridgehead atoms. The molecular weight excluding hydrogens is 310 g/mol. The summed E-state index contributed by atoms with van der Waals surface area (Å²) in [5.41, 5.74) is 1.55. The van der Waals surface area contributed by atoms with Gasteiger partial charge in [0.25, 0.3) is 0 Å². The molecule has 0 heterocycles. The number of rotatable bonds is 5. The van der Waals surface area contributed by atoms with Crippen molar-refractivity contribution in [1.29, 1.82) is 0 Å². The van der Waals surface area contributed by atoms with Gasteiger partial charge in [-0.2, -0.15) is 0 Å². The molecule has 1 N–H and O–H groups in total. The summed E-state index contributed by atoms with van der Waals surface area (Å²) in [4.78, 5) is 0. The second-order valence-corrected chi connectivity index (χ2v) is 5.39. The summed E-state index contributed by atoms with van der Waals surface area (Å²) in [5.74, 6) is -0.774. The van der Waals surface area contributed by atoms with E-state index in [0.717, 1.165) is 17.7 Å². The number of ether oxygens (including phenoxy) is 1. The predicted octanol–water partition coefficient (Wildman–Crippen LogP) is 4.70. The number of hydrogen-bond acceptors (Lipinski definition) is 2. The third kappa shape index (κ3) is 3.60. The molecule has 2 nitrogen and oxygen atoms in total. The number of aliphatic hydroxyl groups is 1. The minimum Gasteiger partial charge on any atom is -0.489 e. The first-order valence-electron chi connectivity index (χ1n) is 7.53. The number of aliphatic hydroxyl groups excluding tert-OH is 1. The van der Waals surface area contributed by atoms with Crippen LogP contribution in [0, 0.1) is 11.6 Å². The van der Waals surface area contributed by atoms with Crippen molar-refractivity contribution in [2.75, 3.05) is 0 Å². The fraction of sp³-hybridized carbons (Fsp3) is 0.100. The van der Waals surface area contributed by atoms with Gasteiger partial charge in [0.2, 0.25) is 0 Å². The van der Waals surface area contributed by atoms with Crippen LogP contribution in [-0.2, 0) is 13.2 Å². The van der Waals surface area contributed by atoms with Crippen molar-refractivity contribution in [3.8, 4) is 16.9 Å². The molecule has 0 aliphatic heterocycles. The SMILES string of the molecule is OCc1cc(F)c(-c2ccc(OCc3ccccc3)cc2)c(F)c1. The second-order valence-electron chi connectivity index (χ2n) is 5.39.